The highest BCUT2D eigenvalue weighted by molar-refractivity contribution is 5.96. The summed E-state index contributed by atoms with van der Waals surface area (Å²) >= 11 is 0. The van der Waals surface area contributed by atoms with Crippen LogP contribution in [0.5, 0.6) is 5.75 Å². The predicted molar refractivity (Wildman–Crippen MR) is 118 cm³/mol. The number of carbonyl (C=O) groups excluding carboxylic acids is 2. The molecule has 1 saturated carbocycles. The highest BCUT2D eigenvalue weighted by Gasteiger charge is 2.29. The topological polar surface area (TPSA) is 88.7 Å². The van der Waals surface area contributed by atoms with Crippen LogP contribution in [0.15, 0.2) is 42.5 Å². The summed E-state index contributed by atoms with van der Waals surface area (Å²) in [7, 11) is 0. The minimum Gasteiger partial charge on any atom is -0.491 e. The third-order valence-electron chi connectivity index (χ3n) is 4.82. The lowest BCUT2D eigenvalue weighted by atomic mass is 10.1. The molecular weight excluding hydrogens is 382 g/mol. The molecule has 7 nitrogen and oxygen atoms in total. The van der Waals surface area contributed by atoms with Gasteiger partial charge in [0.25, 0.3) is 0 Å². The van der Waals surface area contributed by atoms with Crippen LogP contribution in [0.2, 0.25) is 0 Å². The summed E-state index contributed by atoms with van der Waals surface area (Å²) in [6.45, 7) is 5.69. The molecule has 0 bridgehead atoms. The van der Waals surface area contributed by atoms with Gasteiger partial charge < -0.3 is 25.4 Å². The summed E-state index contributed by atoms with van der Waals surface area (Å²) in [6, 6.07) is 12.8. The lowest BCUT2D eigenvalue weighted by Gasteiger charge is -2.14. The molecule has 0 heterocycles. The first kappa shape index (κ1) is 21.6. The molecule has 0 radical (unpaired) electrons. The molecule has 30 heavy (non-hydrogen) atoms. The predicted octanol–water partition coefficient (Wildman–Crippen LogP) is 3.81. The van der Waals surface area contributed by atoms with E-state index >= 15 is 0 Å². The smallest absolute Gasteiger partial charge is 0.243 e. The van der Waals surface area contributed by atoms with Crippen molar-refractivity contribution in [3.05, 3.63) is 48.0 Å². The van der Waals surface area contributed by atoms with Gasteiger partial charge in [-0.15, -0.1) is 0 Å². The zero-order valence-corrected chi connectivity index (χ0v) is 17.5. The van der Waals surface area contributed by atoms with Crippen LogP contribution in [0.3, 0.4) is 0 Å². The first-order valence-electron chi connectivity index (χ1n) is 10.3. The van der Waals surface area contributed by atoms with Gasteiger partial charge in [-0.1, -0.05) is 6.07 Å². The van der Waals surface area contributed by atoms with E-state index < -0.39 is 0 Å². The van der Waals surface area contributed by atoms with Gasteiger partial charge >= 0.3 is 0 Å². The molecule has 2 aromatic rings. The molecule has 2 amide bonds. The zero-order valence-electron chi connectivity index (χ0n) is 17.5. The van der Waals surface area contributed by atoms with Crippen LogP contribution in [0.1, 0.15) is 25.3 Å². The Morgan fingerprint density at radius 2 is 1.73 bits per heavy atom. The number of benzene rings is 2. The lowest BCUT2D eigenvalue weighted by molar-refractivity contribution is -0.117. The van der Waals surface area contributed by atoms with Crippen molar-refractivity contribution < 1.29 is 19.1 Å². The Hall–Kier alpha value is -3.06. The van der Waals surface area contributed by atoms with Crippen LogP contribution in [0.25, 0.3) is 0 Å². The molecule has 3 rings (SSSR count). The van der Waals surface area contributed by atoms with Crippen molar-refractivity contribution in [2.45, 2.75) is 26.7 Å². The molecule has 1 aliphatic carbocycles. The van der Waals surface area contributed by atoms with E-state index in [1.165, 1.54) is 0 Å². The third-order valence-corrected chi connectivity index (χ3v) is 4.82. The van der Waals surface area contributed by atoms with E-state index in [1.54, 1.807) is 12.1 Å². The molecule has 0 spiro atoms. The van der Waals surface area contributed by atoms with Gasteiger partial charge in [0.2, 0.25) is 11.8 Å². The Morgan fingerprint density at radius 1 is 1.00 bits per heavy atom. The fourth-order valence-electron chi connectivity index (χ4n) is 2.92. The molecule has 0 aliphatic heterocycles. The number of amides is 2. The quantitative estimate of drug-likeness (QED) is 0.490. The van der Waals surface area contributed by atoms with Crippen LogP contribution in [0, 0.1) is 12.8 Å². The number of ether oxygens (including phenoxy) is 2. The standard InChI is InChI=1S/C23H29N3O4/c1-3-29-13-14-30-19-11-9-18(10-12-19)25-22(27)15-24-20-5-4-6-21(16(20)2)26-23(28)17-7-8-17/h4-6,9-12,17,24H,3,7-8,13-15H2,1-2H3,(H,25,27)(H,26,28). The number of nitrogens with one attached hydrogen (secondary N) is 3. The summed E-state index contributed by atoms with van der Waals surface area (Å²) in [4.78, 5) is 24.3. The monoisotopic (exact) mass is 411 g/mol. The minimum atomic E-state index is -0.160. The lowest BCUT2D eigenvalue weighted by Crippen LogP contribution is -2.22. The molecule has 160 valence electrons. The van der Waals surface area contributed by atoms with E-state index in [0.717, 1.165) is 35.5 Å². The number of hydrogen-bond acceptors (Lipinski definition) is 5. The van der Waals surface area contributed by atoms with E-state index in [1.807, 2.05) is 44.2 Å². The van der Waals surface area contributed by atoms with Gasteiger partial charge in [0.1, 0.15) is 12.4 Å². The summed E-state index contributed by atoms with van der Waals surface area (Å²) in [5, 5.41) is 8.96. The van der Waals surface area contributed by atoms with Gasteiger partial charge in [-0.05, 0) is 68.7 Å². The summed E-state index contributed by atoms with van der Waals surface area (Å²) < 4.78 is 10.8. The molecule has 0 unspecified atom stereocenters. The van der Waals surface area contributed by atoms with Crippen LogP contribution in [-0.4, -0.2) is 38.2 Å². The van der Waals surface area contributed by atoms with Crippen LogP contribution in [0.4, 0.5) is 17.1 Å². The number of rotatable bonds is 11. The maximum absolute atomic E-state index is 12.3. The van der Waals surface area contributed by atoms with Gasteiger partial charge in [-0.3, -0.25) is 9.59 Å². The maximum Gasteiger partial charge on any atom is 0.243 e. The number of anilines is 3. The SMILES string of the molecule is CCOCCOc1ccc(NC(=O)CNc2cccc(NC(=O)C3CC3)c2C)cc1. The Kier molecular flexibility index (Phi) is 7.68. The molecule has 1 aliphatic rings. The molecule has 3 N–H and O–H groups in total. The van der Waals surface area contributed by atoms with Crippen LogP contribution >= 0.6 is 0 Å². The van der Waals surface area contributed by atoms with Gasteiger partial charge in [0.15, 0.2) is 0 Å². The fourth-order valence-corrected chi connectivity index (χ4v) is 2.92. The molecule has 7 heteroatoms. The van der Waals surface area contributed by atoms with E-state index in [9.17, 15) is 9.59 Å². The first-order valence-corrected chi connectivity index (χ1v) is 10.3. The number of carbonyl (C=O) groups is 2. The average Bonchev–Trinajstić information content (AvgIpc) is 3.58. The molecule has 1 fully saturated rings. The van der Waals surface area contributed by atoms with E-state index in [0.29, 0.717) is 25.5 Å². The van der Waals surface area contributed by atoms with Crippen molar-refractivity contribution in [3.8, 4) is 5.75 Å². The van der Waals surface area contributed by atoms with Gasteiger partial charge in [-0.2, -0.15) is 0 Å². The normalized spacial score (nSPS) is 12.9. The summed E-state index contributed by atoms with van der Waals surface area (Å²) in [5.74, 6) is 0.782. The Morgan fingerprint density at radius 3 is 2.43 bits per heavy atom. The minimum absolute atomic E-state index is 0.0679. The number of hydrogen-bond donors (Lipinski definition) is 3. The van der Waals surface area contributed by atoms with Crippen molar-refractivity contribution in [2.24, 2.45) is 5.92 Å². The summed E-state index contributed by atoms with van der Waals surface area (Å²) in [5.41, 5.74) is 3.20. The average molecular weight is 412 g/mol. The second-order valence-electron chi connectivity index (χ2n) is 7.21. The highest BCUT2D eigenvalue weighted by atomic mass is 16.5. The van der Waals surface area contributed by atoms with Crippen molar-refractivity contribution in [1.82, 2.24) is 0 Å². The van der Waals surface area contributed by atoms with E-state index in [-0.39, 0.29) is 24.3 Å². The fraction of sp³-hybridized carbons (Fsp3) is 0.391. The molecule has 2 aromatic carbocycles. The molecular formula is C23H29N3O4. The van der Waals surface area contributed by atoms with Crippen molar-refractivity contribution >= 4 is 28.9 Å². The van der Waals surface area contributed by atoms with Gasteiger partial charge in [0, 0.05) is 29.6 Å². The van der Waals surface area contributed by atoms with Crippen molar-refractivity contribution in [3.63, 3.8) is 0 Å². The van der Waals surface area contributed by atoms with E-state index in [2.05, 4.69) is 16.0 Å². The zero-order chi connectivity index (χ0) is 21.3. The van der Waals surface area contributed by atoms with Crippen molar-refractivity contribution in [2.75, 3.05) is 42.3 Å². The largest absolute Gasteiger partial charge is 0.491 e. The molecule has 0 atom stereocenters. The second kappa shape index (κ2) is 10.6. The second-order valence-corrected chi connectivity index (χ2v) is 7.21. The highest BCUT2D eigenvalue weighted by Crippen LogP contribution is 2.31. The first-order chi connectivity index (χ1) is 14.6. The van der Waals surface area contributed by atoms with Crippen LogP contribution < -0.4 is 20.7 Å². The summed E-state index contributed by atoms with van der Waals surface area (Å²) in [6.07, 6.45) is 1.92. The van der Waals surface area contributed by atoms with Gasteiger partial charge in [-0.25, -0.2) is 0 Å². The Balaban J connectivity index is 1.46. The van der Waals surface area contributed by atoms with Crippen LogP contribution in [-0.2, 0) is 14.3 Å². The molecule has 0 aromatic heterocycles. The Bertz CT molecular complexity index is 863. The van der Waals surface area contributed by atoms with Gasteiger partial charge in [0.05, 0.1) is 13.2 Å². The van der Waals surface area contributed by atoms with Crippen molar-refractivity contribution in [1.29, 1.82) is 0 Å². The van der Waals surface area contributed by atoms with E-state index in [4.69, 9.17) is 9.47 Å². The Labute approximate surface area is 177 Å². The third kappa shape index (κ3) is 6.49. The molecule has 0 saturated heterocycles. The maximum atomic E-state index is 12.3.